The summed E-state index contributed by atoms with van der Waals surface area (Å²) in [5.74, 6) is -1.88. The van der Waals surface area contributed by atoms with Gasteiger partial charge < -0.3 is 0 Å². The zero-order valence-electron chi connectivity index (χ0n) is 13.3. The molecule has 5 nitrogen and oxygen atoms in total. The zero-order chi connectivity index (χ0) is 17.7. The Hall–Kier alpha value is -3.15. The second-order valence-electron chi connectivity index (χ2n) is 6.12. The standard InChI is InChI=1S/C19H13FN2O3/c1-10-18(22(24)25)15(13-8-4-5-9-14(13)20)16-17(21-10)11-6-2-3-7-12(11)19(16)23/h2-9,15,18H,1H3. The van der Waals surface area contributed by atoms with Crippen LogP contribution in [-0.2, 0) is 0 Å². The number of halogens is 1. The molecule has 0 bridgehead atoms. The van der Waals surface area contributed by atoms with Crippen molar-refractivity contribution in [3.8, 4) is 0 Å². The Morgan fingerprint density at radius 3 is 2.40 bits per heavy atom. The van der Waals surface area contributed by atoms with Gasteiger partial charge in [0, 0.05) is 27.2 Å². The summed E-state index contributed by atoms with van der Waals surface area (Å²) >= 11 is 0. The van der Waals surface area contributed by atoms with Gasteiger partial charge in [0.15, 0.2) is 5.78 Å². The van der Waals surface area contributed by atoms with Gasteiger partial charge in [0.25, 0.3) is 6.04 Å². The maximum absolute atomic E-state index is 14.5. The highest BCUT2D eigenvalue weighted by atomic mass is 19.1. The molecule has 0 saturated carbocycles. The van der Waals surface area contributed by atoms with Crippen LogP contribution < -0.4 is 0 Å². The number of Topliss-reactive ketones (excluding diaryl/α,β-unsaturated/α-hetero) is 1. The number of nitrogens with zero attached hydrogens (tertiary/aromatic N) is 2. The fraction of sp³-hybridized carbons (Fsp3) is 0.158. The number of hydrogen-bond donors (Lipinski definition) is 0. The lowest BCUT2D eigenvalue weighted by Gasteiger charge is -2.26. The van der Waals surface area contributed by atoms with E-state index in [1.54, 1.807) is 37.3 Å². The number of carbonyl (C=O) groups is 1. The fourth-order valence-corrected chi connectivity index (χ4v) is 3.66. The summed E-state index contributed by atoms with van der Waals surface area (Å²) < 4.78 is 14.5. The Bertz CT molecular complexity index is 994. The van der Waals surface area contributed by atoms with Crippen molar-refractivity contribution in [2.75, 3.05) is 0 Å². The molecule has 2 unspecified atom stereocenters. The van der Waals surface area contributed by atoms with Crippen LogP contribution >= 0.6 is 0 Å². The molecule has 2 aliphatic rings. The molecule has 6 heteroatoms. The first-order chi connectivity index (χ1) is 12.0. The molecule has 4 rings (SSSR count). The highest BCUT2D eigenvalue weighted by Crippen LogP contribution is 2.46. The van der Waals surface area contributed by atoms with Gasteiger partial charge in [0.05, 0.1) is 17.3 Å². The van der Waals surface area contributed by atoms with Gasteiger partial charge in [-0.1, -0.05) is 42.5 Å². The van der Waals surface area contributed by atoms with Gasteiger partial charge in [-0.2, -0.15) is 0 Å². The third kappa shape index (κ3) is 2.14. The van der Waals surface area contributed by atoms with Crippen LogP contribution in [0.15, 0.2) is 59.1 Å². The summed E-state index contributed by atoms with van der Waals surface area (Å²) in [6.45, 7) is 1.55. The van der Waals surface area contributed by atoms with E-state index in [9.17, 15) is 19.3 Å². The van der Waals surface area contributed by atoms with E-state index in [-0.39, 0.29) is 22.6 Å². The van der Waals surface area contributed by atoms with Crippen LogP contribution in [0.2, 0.25) is 0 Å². The first kappa shape index (κ1) is 15.4. The van der Waals surface area contributed by atoms with E-state index in [0.29, 0.717) is 16.8 Å². The van der Waals surface area contributed by atoms with Crippen molar-refractivity contribution in [3.63, 3.8) is 0 Å². The van der Waals surface area contributed by atoms with E-state index in [1.807, 2.05) is 0 Å². The third-order valence-corrected chi connectivity index (χ3v) is 4.74. The van der Waals surface area contributed by atoms with Gasteiger partial charge in [-0.05, 0) is 13.0 Å². The van der Waals surface area contributed by atoms with E-state index in [0.717, 1.165) is 0 Å². The molecule has 0 saturated heterocycles. The molecule has 124 valence electrons. The van der Waals surface area contributed by atoms with Crippen molar-refractivity contribution < 1.29 is 14.1 Å². The van der Waals surface area contributed by atoms with E-state index in [1.165, 1.54) is 18.2 Å². The molecule has 0 amide bonds. The smallest absolute Gasteiger partial charge is 0.261 e. The predicted octanol–water partition coefficient (Wildman–Crippen LogP) is 3.64. The average Bonchev–Trinajstić information content (AvgIpc) is 2.87. The van der Waals surface area contributed by atoms with Crippen molar-refractivity contribution in [1.29, 1.82) is 0 Å². The molecule has 2 atom stereocenters. The predicted molar refractivity (Wildman–Crippen MR) is 90.7 cm³/mol. The highest BCUT2D eigenvalue weighted by molar-refractivity contribution is 6.23. The summed E-state index contributed by atoms with van der Waals surface area (Å²) in [6, 6.07) is 11.6. The Kier molecular flexibility index (Phi) is 3.35. The number of rotatable bonds is 2. The van der Waals surface area contributed by atoms with Gasteiger partial charge in [-0.3, -0.25) is 14.9 Å². The molecule has 0 radical (unpaired) electrons. The first-order valence-corrected chi connectivity index (χ1v) is 7.82. The fourth-order valence-electron chi connectivity index (χ4n) is 3.66. The second-order valence-corrected chi connectivity index (χ2v) is 6.12. The minimum atomic E-state index is -1.27. The molecule has 2 aromatic carbocycles. The Morgan fingerprint density at radius 2 is 1.72 bits per heavy atom. The van der Waals surface area contributed by atoms with E-state index in [4.69, 9.17) is 0 Å². The van der Waals surface area contributed by atoms with E-state index >= 15 is 0 Å². The van der Waals surface area contributed by atoms with Crippen LogP contribution in [0.25, 0.3) is 5.70 Å². The average molecular weight is 336 g/mol. The number of benzene rings is 2. The summed E-state index contributed by atoms with van der Waals surface area (Å²) in [4.78, 5) is 28.5. The molecule has 0 N–H and O–H groups in total. The minimum Gasteiger partial charge on any atom is -0.289 e. The quantitative estimate of drug-likeness (QED) is 0.621. The molecule has 0 spiro atoms. The topological polar surface area (TPSA) is 72.6 Å². The molecular weight excluding hydrogens is 323 g/mol. The second kappa shape index (κ2) is 5.44. The lowest BCUT2D eigenvalue weighted by molar-refractivity contribution is -0.505. The van der Waals surface area contributed by atoms with Crippen LogP contribution in [0.3, 0.4) is 0 Å². The van der Waals surface area contributed by atoms with Crippen molar-refractivity contribution in [1.82, 2.24) is 0 Å². The van der Waals surface area contributed by atoms with Crippen LogP contribution in [-0.4, -0.2) is 22.5 Å². The normalized spacial score (nSPS) is 21.7. The molecule has 1 aliphatic heterocycles. The molecule has 0 aromatic heterocycles. The van der Waals surface area contributed by atoms with Crippen LogP contribution in [0.4, 0.5) is 4.39 Å². The van der Waals surface area contributed by atoms with Gasteiger partial charge >= 0.3 is 0 Å². The highest BCUT2D eigenvalue weighted by Gasteiger charge is 2.48. The van der Waals surface area contributed by atoms with E-state index in [2.05, 4.69) is 4.99 Å². The van der Waals surface area contributed by atoms with Crippen molar-refractivity contribution in [2.24, 2.45) is 4.99 Å². The van der Waals surface area contributed by atoms with Gasteiger partial charge in [-0.15, -0.1) is 0 Å². The molecule has 1 aliphatic carbocycles. The van der Waals surface area contributed by atoms with Crippen molar-refractivity contribution in [2.45, 2.75) is 18.9 Å². The van der Waals surface area contributed by atoms with Gasteiger partial charge in [0.2, 0.25) is 0 Å². The minimum absolute atomic E-state index is 0.145. The number of hydrogen-bond acceptors (Lipinski definition) is 4. The molecule has 25 heavy (non-hydrogen) atoms. The van der Waals surface area contributed by atoms with Crippen molar-refractivity contribution >= 4 is 17.2 Å². The van der Waals surface area contributed by atoms with Crippen LogP contribution in [0, 0.1) is 15.9 Å². The number of ketones is 1. The third-order valence-electron chi connectivity index (χ3n) is 4.74. The zero-order valence-corrected chi connectivity index (χ0v) is 13.3. The molecule has 1 heterocycles. The monoisotopic (exact) mass is 336 g/mol. The van der Waals surface area contributed by atoms with E-state index < -0.39 is 22.7 Å². The SMILES string of the molecule is CC1=NC2=C(C(=O)c3ccccc32)C(c2ccccc2F)C1[N+](=O)[O-]. The Morgan fingerprint density at radius 1 is 1.08 bits per heavy atom. The summed E-state index contributed by atoms with van der Waals surface area (Å²) in [6.07, 6.45) is 0. The number of carbonyl (C=O) groups excluding carboxylic acids is 1. The Balaban J connectivity index is 2.00. The van der Waals surface area contributed by atoms with Crippen molar-refractivity contribution in [3.05, 3.63) is 86.7 Å². The lowest BCUT2D eigenvalue weighted by atomic mass is 9.79. The maximum Gasteiger partial charge on any atom is 0.261 e. The maximum atomic E-state index is 14.5. The molecule has 0 fully saturated rings. The van der Waals surface area contributed by atoms with Gasteiger partial charge in [-0.25, -0.2) is 9.38 Å². The number of nitro groups is 1. The molecular formula is C19H13FN2O3. The Labute approximate surface area is 142 Å². The van der Waals surface area contributed by atoms with Crippen LogP contribution in [0.1, 0.15) is 34.3 Å². The van der Waals surface area contributed by atoms with Crippen LogP contribution in [0.5, 0.6) is 0 Å². The first-order valence-electron chi connectivity index (χ1n) is 7.82. The largest absolute Gasteiger partial charge is 0.289 e. The summed E-state index contributed by atoms with van der Waals surface area (Å²) in [7, 11) is 0. The summed E-state index contributed by atoms with van der Waals surface area (Å²) in [5, 5.41) is 11.7. The molecule has 2 aromatic rings. The number of aliphatic imine (C=N–C) groups is 1. The number of fused-ring (bicyclic) bond motifs is 2. The van der Waals surface area contributed by atoms with Gasteiger partial charge in [0.1, 0.15) is 5.82 Å². The lowest BCUT2D eigenvalue weighted by Crippen LogP contribution is -2.39. The summed E-state index contributed by atoms with van der Waals surface area (Å²) in [5.41, 5.74) is 2.14.